The van der Waals surface area contributed by atoms with E-state index < -0.39 is 0 Å². The van der Waals surface area contributed by atoms with Crippen molar-refractivity contribution in [2.45, 2.75) is 44.4 Å². The molecule has 0 aromatic carbocycles. The lowest BCUT2D eigenvalue weighted by atomic mass is 10.0. The zero-order chi connectivity index (χ0) is 17.5. The van der Waals surface area contributed by atoms with Crippen LogP contribution in [0.5, 0.6) is 0 Å². The van der Waals surface area contributed by atoms with Crippen molar-refractivity contribution >= 4 is 5.91 Å². The third kappa shape index (κ3) is 6.06. The number of likely N-dealkylation sites (tertiary alicyclic amines) is 1. The molecule has 1 N–H and O–H groups in total. The number of nitrogens with zero attached hydrogens (tertiary/aromatic N) is 3. The molecule has 2 fully saturated rings. The van der Waals surface area contributed by atoms with Crippen molar-refractivity contribution in [3.63, 3.8) is 0 Å². The lowest BCUT2D eigenvalue weighted by Crippen LogP contribution is -2.48. The van der Waals surface area contributed by atoms with Crippen LogP contribution in [0.1, 0.15) is 31.2 Å². The first-order chi connectivity index (χ1) is 12.2. The molecule has 1 atom stereocenters. The van der Waals surface area contributed by atoms with Crippen molar-refractivity contribution in [3.05, 3.63) is 30.1 Å². The average Bonchev–Trinajstić information content (AvgIpc) is 3.10. The van der Waals surface area contributed by atoms with E-state index in [4.69, 9.17) is 4.74 Å². The maximum atomic E-state index is 12.3. The SMILES string of the molecule is CN(CC(=O)NC1CCN(CC2CCCO2)CC1)Cc1cccnc1. The first-order valence-corrected chi connectivity index (χ1v) is 9.40. The molecule has 6 heteroatoms. The average molecular weight is 346 g/mol. The molecule has 2 saturated heterocycles. The van der Waals surface area contributed by atoms with Crippen LogP contribution >= 0.6 is 0 Å². The number of ether oxygens (including phenoxy) is 1. The molecule has 2 aliphatic rings. The van der Waals surface area contributed by atoms with Crippen LogP contribution in [0, 0.1) is 0 Å². The third-order valence-corrected chi connectivity index (χ3v) is 5.03. The minimum atomic E-state index is 0.115. The number of rotatable bonds is 7. The smallest absolute Gasteiger partial charge is 0.234 e. The summed E-state index contributed by atoms with van der Waals surface area (Å²) >= 11 is 0. The number of carbonyl (C=O) groups is 1. The Hall–Kier alpha value is -1.50. The molecule has 6 nitrogen and oxygen atoms in total. The van der Waals surface area contributed by atoms with Gasteiger partial charge in [0.15, 0.2) is 0 Å². The summed E-state index contributed by atoms with van der Waals surface area (Å²) < 4.78 is 5.72. The van der Waals surface area contributed by atoms with Gasteiger partial charge in [-0.1, -0.05) is 6.07 Å². The molecular formula is C19H30N4O2. The van der Waals surface area contributed by atoms with Gasteiger partial charge in [0.25, 0.3) is 0 Å². The van der Waals surface area contributed by atoms with Gasteiger partial charge >= 0.3 is 0 Å². The van der Waals surface area contributed by atoms with Gasteiger partial charge < -0.3 is 15.0 Å². The van der Waals surface area contributed by atoms with Crippen LogP contribution in [0.15, 0.2) is 24.5 Å². The zero-order valence-corrected chi connectivity index (χ0v) is 15.2. The van der Waals surface area contributed by atoms with Crippen molar-refractivity contribution < 1.29 is 9.53 Å². The number of likely N-dealkylation sites (N-methyl/N-ethyl adjacent to an activating group) is 1. The predicted molar refractivity (Wildman–Crippen MR) is 97.1 cm³/mol. The van der Waals surface area contributed by atoms with Gasteiger partial charge in [0.05, 0.1) is 12.6 Å². The number of pyridine rings is 1. The molecule has 0 bridgehead atoms. The van der Waals surface area contributed by atoms with Gasteiger partial charge in [0, 0.05) is 51.2 Å². The van der Waals surface area contributed by atoms with E-state index >= 15 is 0 Å². The number of nitrogens with one attached hydrogen (secondary N) is 1. The normalized spacial score (nSPS) is 22.4. The Bertz CT molecular complexity index is 525. The standard InChI is InChI=1S/C19H30N4O2/c1-22(13-16-4-2-8-20-12-16)15-19(24)21-17-6-9-23(10-7-17)14-18-5-3-11-25-18/h2,4,8,12,17-18H,3,5-7,9-11,13-15H2,1H3,(H,21,24). The number of carbonyl (C=O) groups excluding carboxylic acids is 1. The first-order valence-electron chi connectivity index (χ1n) is 9.40. The lowest BCUT2D eigenvalue weighted by molar-refractivity contribution is -0.123. The molecule has 0 radical (unpaired) electrons. The number of aromatic nitrogens is 1. The predicted octanol–water partition coefficient (Wildman–Crippen LogP) is 1.27. The van der Waals surface area contributed by atoms with Crippen LogP contribution in [0.25, 0.3) is 0 Å². The molecule has 0 saturated carbocycles. The highest BCUT2D eigenvalue weighted by atomic mass is 16.5. The van der Waals surface area contributed by atoms with E-state index in [1.165, 1.54) is 12.8 Å². The Morgan fingerprint density at radius 1 is 1.40 bits per heavy atom. The van der Waals surface area contributed by atoms with E-state index in [2.05, 4.69) is 15.2 Å². The largest absolute Gasteiger partial charge is 0.377 e. The van der Waals surface area contributed by atoms with Crippen molar-refractivity contribution in [2.75, 3.05) is 39.8 Å². The van der Waals surface area contributed by atoms with Crippen LogP contribution in [0.2, 0.25) is 0 Å². The van der Waals surface area contributed by atoms with Crippen LogP contribution in [0.4, 0.5) is 0 Å². The molecule has 1 unspecified atom stereocenters. The zero-order valence-electron chi connectivity index (χ0n) is 15.2. The summed E-state index contributed by atoms with van der Waals surface area (Å²) in [6.45, 7) is 5.23. The maximum absolute atomic E-state index is 12.3. The van der Waals surface area contributed by atoms with E-state index in [0.717, 1.165) is 51.2 Å². The molecule has 138 valence electrons. The van der Waals surface area contributed by atoms with Gasteiger partial charge in [-0.2, -0.15) is 0 Å². The van der Waals surface area contributed by atoms with E-state index in [1.807, 2.05) is 30.3 Å². The number of hydrogen-bond donors (Lipinski definition) is 1. The van der Waals surface area contributed by atoms with Gasteiger partial charge in [-0.3, -0.25) is 14.7 Å². The summed E-state index contributed by atoms with van der Waals surface area (Å²) in [5.74, 6) is 0.115. The first kappa shape index (κ1) is 18.3. The summed E-state index contributed by atoms with van der Waals surface area (Å²) in [4.78, 5) is 20.9. The molecule has 1 aromatic heterocycles. The fourth-order valence-electron chi connectivity index (χ4n) is 3.71. The minimum absolute atomic E-state index is 0.115. The molecule has 0 aliphatic carbocycles. The van der Waals surface area contributed by atoms with E-state index in [1.54, 1.807) is 6.20 Å². The van der Waals surface area contributed by atoms with E-state index in [0.29, 0.717) is 18.7 Å². The van der Waals surface area contributed by atoms with Crippen molar-refractivity contribution in [2.24, 2.45) is 0 Å². The molecule has 2 aliphatic heterocycles. The van der Waals surface area contributed by atoms with Gasteiger partial charge in [0.1, 0.15) is 0 Å². The monoisotopic (exact) mass is 346 g/mol. The van der Waals surface area contributed by atoms with Gasteiger partial charge in [-0.25, -0.2) is 0 Å². The van der Waals surface area contributed by atoms with Crippen molar-refractivity contribution in [3.8, 4) is 0 Å². The molecule has 3 heterocycles. The second-order valence-electron chi connectivity index (χ2n) is 7.31. The van der Waals surface area contributed by atoms with Crippen LogP contribution in [-0.2, 0) is 16.1 Å². The van der Waals surface area contributed by atoms with Gasteiger partial charge in [0.2, 0.25) is 5.91 Å². The summed E-state index contributed by atoms with van der Waals surface area (Å²) in [5, 5.41) is 3.20. The fraction of sp³-hybridized carbons (Fsp3) is 0.684. The van der Waals surface area contributed by atoms with Crippen molar-refractivity contribution in [1.82, 2.24) is 20.1 Å². The highest BCUT2D eigenvalue weighted by Crippen LogP contribution is 2.17. The topological polar surface area (TPSA) is 57.7 Å². The maximum Gasteiger partial charge on any atom is 0.234 e. The van der Waals surface area contributed by atoms with Gasteiger partial charge in [-0.05, 0) is 44.4 Å². The van der Waals surface area contributed by atoms with Crippen LogP contribution in [-0.4, -0.2) is 72.7 Å². The second-order valence-corrected chi connectivity index (χ2v) is 7.31. The number of piperidine rings is 1. The fourth-order valence-corrected chi connectivity index (χ4v) is 3.71. The highest BCUT2D eigenvalue weighted by Gasteiger charge is 2.24. The van der Waals surface area contributed by atoms with Gasteiger partial charge in [-0.15, -0.1) is 0 Å². The Kier molecular flexibility index (Phi) is 6.78. The molecule has 3 rings (SSSR count). The third-order valence-electron chi connectivity index (χ3n) is 5.03. The van der Waals surface area contributed by atoms with Crippen LogP contribution in [0.3, 0.4) is 0 Å². The summed E-state index contributed by atoms with van der Waals surface area (Å²) in [7, 11) is 1.97. The second kappa shape index (κ2) is 9.27. The van der Waals surface area contributed by atoms with E-state index in [-0.39, 0.29) is 5.91 Å². The summed E-state index contributed by atoms with van der Waals surface area (Å²) in [6.07, 6.45) is 8.49. The summed E-state index contributed by atoms with van der Waals surface area (Å²) in [6, 6.07) is 4.26. The quantitative estimate of drug-likeness (QED) is 0.806. The molecule has 1 aromatic rings. The molecule has 25 heavy (non-hydrogen) atoms. The Balaban J connectivity index is 1.33. The van der Waals surface area contributed by atoms with Crippen LogP contribution < -0.4 is 5.32 Å². The van der Waals surface area contributed by atoms with E-state index in [9.17, 15) is 4.79 Å². The minimum Gasteiger partial charge on any atom is -0.377 e. The Morgan fingerprint density at radius 3 is 2.92 bits per heavy atom. The Labute approximate surface area is 150 Å². The lowest BCUT2D eigenvalue weighted by Gasteiger charge is -2.33. The summed E-state index contributed by atoms with van der Waals surface area (Å²) in [5.41, 5.74) is 1.13. The number of hydrogen-bond acceptors (Lipinski definition) is 5. The molecule has 0 spiro atoms. The van der Waals surface area contributed by atoms with Crippen molar-refractivity contribution in [1.29, 1.82) is 0 Å². The molecular weight excluding hydrogens is 316 g/mol. The number of amides is 1. The Morgan fingerprint density at radius 2 is 2.24 bits per heavy atom. The highest BCUT2D eigenvalue weighted by molar-refractivity contribution is 5.78. The molecule has 1 amide bonds.